The van der Waals surface area contributed by atoms with Crippen LogP contribution in [0.2, 0.25) is 0 Å². The zero-order chi connectivity index (χ0) is 38.9. The summed E-state index contributed by atoms with van der Waals surface area (Å²) in [5.41, 5.74) is 26.4. The molecule has 0 atom stereocenters. The SMILES string of the molecule is CC1(C)c2ccccc2-c2ccc(-c3ccc4c(c3)C(C)(C)c3cc(-c5ccc(-c6ccc7c8c(cccc68)-c6cc(-c8ccccc8)ccc6-7)cc5)ccc3-4)cc21. The van der Waals surface area contributed by atoms with Crippen molar-refractivity contribution < 1.29 is 0 Å². The van der Waals surface area contributed by atoms with Crippen LogP contribution in [0.15, 0.2) is 182 Å². The molecule has 0 nitrogen and oxygen atoms in total. The van der Waals surface area contributed by atoms with E-state index < -0.39 is 0 Å². The van der Waals surface area contributed by atoms with E-state index in [1.165, 1.54) is 122 Å². The molecule has 0 heterocycles. The second kappa shape index (κ2) is 11.9. The highest BCUT2D eigenvalue weighted by Crippen LogP contribution is 2.54. The molecule has 0 radical (unpaired) electrons. The van der Waals surface area contributed by atoms with Gasteiger partial charge in [-0.2, -0.15) is 0 Å². The molecule has 0 saturated carbocycles. The molecule has 0 aromatic heterocycles. The molecule has 0 saturated heterocycles. The Balaban J connectivity index is 0.858. The number of hydrogen-bond acceptors (Lipinski definition) is 0. The smallest absolute Gasteiger partial charge is 0.0159 e. The van der Waals surface area contributed by atoms with Gasteiger partial charge in [0.2, 0.25) is 0 Å². The number of fused-ring (bicyclic) bond motifs is 9. The monoisotopic (exact) mass is 738 g/mol. The van der Waals surface area contributed by atoms with E-state index in [2.05, 4.69) is 210 Å². The normalized spacial score (nSPS) is 14.5. The summed E-state index contributed by atoms with van der Waals surface area (Å²) < 4.78 is 0. The Morgan fingerprint density at radius 3 is 1.31 bits per heavy atom. The Hall–Kier alpha value is -6.76. The van der Waals surface area contributed by atoms with Crippen LogP contribution in [-0.4, -0.2) is 0 Å². The fourth-order valence-electron chi connectivity index (χ4n) is 10.7. The Labute approximate surface area is 341 Å². The third kappa shape index (κ3) is 4.63. The van der Waals surface area contributed by atoms with Crippen LogP contribution in [0, 0.1) is 0 Å². The van der Waals surface area contributed by atoms with Crippen LogP contribution in [0.5, 0.6) is 0 Å². The molecule has 0 bridgehead atoms. The third-order valence-corrected chi connectivity index (χ3v) is 13.9. The minimum absolute atomic E-state index is 0.0153. The predicted molar refractivity (Wildman–Crippen MR) is 245 cm³/mol. The zero-order valence-electron chi connectivity index (χ0n) is 33.3. The van der Waals surface area contributed by atoms with E-state index in [9.17, 15) is 0 Å². The molecule has 0 aliphatic heterocycles. The van der Waals surface area contributed by atoms with Crippen LogP contribution >= 0.6 is 0 Å². The third-order valence-electron chi connectivity index (χ3n) is 13.9. The lowest BCUT2D eigenvalue weighted by Gasteiger charge is -2.23. The Morgan fingerprint density at radius 1 is 0.241 bits per heavy atom. The molecule has 0 amide bonds. The molecule has 9 aromatic rings. The van der Waals surface area contributed by atoms with Crippen molar-refractivity contribution in [3.05, 3.63) is 204 Å². The van der Waals surface area contributed by atoms with Crippen molar-refractivity contribution in [2.75, 3.05) is 0 Å². The second-order valence-corrected chi connectivity index (χ2v) is 17.7. The summed E-state index contributed by atoms with van der Waals surface area (Å²) in [6.45, 7) is 9.52. The van der Waals surface area contributed by atoms with Gasteiger partial charge in [-0.15, -0.1) is 0 Å². The second-order valence-electron chi connectivity index (χ2n) is 17.7. The van der Waals surface area contributed by atoms with Gasteiger partial charge >= 0.3 is 0 Å². The van der Waals surface area contributed by atoms with E-state index in [-0.39, 0.29) is 10.8 Å². The maximum atomic E-state index is 2.46. The lowest BCUT2D eigenvalue weighted by Crippen LogP contribution is -2.15. The molecule has 9 aromatic carbocycles. The van der Waals surface area contributed by atoms with Crippen LogP contribution in [0.3, 0.4) is 0 Å². The fourth-order valence-corrected chi connectivity index (χ4v) is 10.7. The molecule has 12 rings (SSSR count). The Kier molecular flexibility index (Phi) is 6.84. The van der Waals surface area contributed by atoms with Crippen molar-refractivity contribution in [1.82, 2.24) is 0 Å². The van der Waals surface area contributed by atoms with Crippen LogP contribution < -0.4 is 0 Å². The van der Waals surface area contributed by atoms with Crippen molar-refractivity contribution in [3.8, 4) is 89.0 Å². The van der Waals surface area contributed by atoms with Crippen molar-refractivity contribution >= 4 is 10.8 Å². The molecule has 3 aliphatic rings. The summed E-state index contributed by atoms with van der Waals surface area (Å²) in [6.07, 6.45) is 0. The zero-order valence-corrected chi connectivity index (χ0v) is 33.3. The van der Waals surface area contributed by atoms with Gasteiger partial charge in [0.1, 0.15) is 0 Å². The average molecular weight is 739 g/mol. The minimum atomic E-state index is -0.118. The molecule has 274 valence electrons. The number of rotatable bonds is 4. The molecule has 3 aliphatic carbocycles. The van der Waals surface area contributed by atoms with Crippen LogP contribution in [-0.2, 0) is 10.8 Å². The van der Waals surface area contributed by atoms with Gasteiger partial charge < -0.3 is 0 Å². The topological polar surface area (TPSA) is 0 Å². The van der Waals surface area contributed by atoms with Gasteiger partial charge in [0.25, 0.3) is 0 Å². The van der Waals surface area contributed by atoms with E-state index in [1.807, 2.05) is 0 Å². The molecule has 0 spiro atoms. The highest BCUT2D eigenvalue weighted by Gasteiger charge is 2.37. The Morgan fingerprint density at radius 2 is 0.655 bits per heavy atom. The van der Waals surface area contributed by atoms with Gasteiger partial charge in [0.15, 0.2) is 0 Å². The summed E-state index contributed by atoms with van der Waals surface area (Å²) in [6, 6.07) is 68.6. The van der Waals surface area contributed by atoms with Crippen LogP contribution in [0.1, 0.15) is 49.9 Å². The average Bonchev–Trinajstić information content (AvgIpc) is 3.80. The summed E-state index contributed by atoms with van der Waals surface area (Å²) in [4.78, 5) is 0. The van der Waals surface area contributed by atoms with E-state index in [0.29, 0.717) is 0 Å². The van der Waals surface area contributed by atoms with Gasteiger partial charge in [0, 0.05) is 10.8 Å². The van der Waals surface area contributed by atoms with Crippen molar-refractivity contribution in [1.29, 1.82) is 0 Å². The predicted octanol–water partition coefficient (Wildman–Crippen LogP) is 15.8. The lowest BCUT2D eigenvalue weighted by molar-refractivity contribution is 0.659. The van der Waals surface area contributed by atoms with Gasteiger partial charge in [0.05, 0.1) is 0 Å². The van der Waals surface area contributed by atoms with Crippen molar-refractivity contribution in [3.63, 3.8) is 0 Å². The lowest BCUT2D eigenvalue weighted by atomic mass is 9.80. The van der Waals surface area contributed by atoms with Gasteiger partial charge in [-0.1, -0.05) is 185 Å². The fraction of sp³-hybridized carbons (Fsp3) is 0.103. The minimum Gasteiger partial charge on any atom is -0.0622 e. The quantitative estimate of drug-likeness (QED) is 0.169. The van der Waals surface area contributed by atoms with E-state index >= 15 is 0 Å². The number of benzene rings is 9. The first kappa shape index (κ1) is 33.4. The largest absolute Gasteiger partial charge is 0.0622 e. The first-order chi connectivity index (χ1) is 28.3. The molecule has 58 heavy (non-hydrogen) atoms. The summed E-state index contributed by atoms with van der Waals surface area (Å²) in [7, 11) is 0. The van der Waals surface area contributed by atoms with Crippen molar-refractivity contribution in [2.24, 2.45) is 0 Å². The van der Waals surface area contributed by atoms with Gasteiger partial charge in [-0.3, -0.25) is 0 Å². The first-order valence-corrected chi connectivity index (χ1v) is 20.7. The standard InChI is InChI=1S/C58H42/c1-57(2)52-16-9-8-13-44(52)45-27-23-40(33-53(45)57)41-24-28-47-46-26-22-39(32-54(46)58(3,4)55(47)34-41)36-17-19-37(20-18-36)42-29-30-50-43-25-21-38(35-11-6-5-7-12-35)31-51(43)49-15-10-14-48(42)56(49)50/h5-34H,1-4H3. The van der Waals surface area contributed by atoms with Crippen molar-refractivity contribution in [2.45, 2.75) is 38.5 Å². The summed E-state index contributed by atoms with van der Waals surface area (Å²) in [5.74, 6) is 0. The van der Waals surface area contributed by atoms with Crippen LogP contribution in [0.4, 0.5) is 0 Å². The summed E-state index contributed by atoms with van der Waals surface area (Å²) >= 11 is 0. The first-order valence-electron chi connectivity index (χ1n) is 20.7. The van der Waals surface area contributed by atoms with Gasteiger partial charge in [-0.05, 0) is 146 Å². The molecular formula is C58H42. The van der Waals surface area contributed by atoms with E-state index in [1.54, 1.807) is 0 Å². The molecule has 0 N–H and O–H groups in total. The van der Waals surface area contributed by atoms with E-state index in [0.717, 1.165) is 0 Å². The van der Waals surface area contributed by atoms with Crippen LogP contribution in [0.25, 0.3) is 99.8 Å². The highest BCUT2D eigenvalue weighted by molar-refractivity contribution is 6.19. The molecule has 0 fully saturated rings. The number of hydrogen-bond donors (Lipinski definition) is 0. The van der Waals surface area contributed by atoms with E-state index in [4.69, 9.17) is 0 Å². The maximum absolute atomic E-state index is 2.46. The van der Waals surface area contributed by atoms with Gasteiger partial charge in [-0.25, -0.2) is 0 Å². The molecule has 0 heteroatoms. The summed E-state index contributed by atoms with van der Waals surface area (Å²) in [5, 5.41) is 2.67. The Bertz CT molecular complexity index is 3190. The molecule has 0 unspecified atom stereocenters. The molecular weight excluding hydrogens is 697 g/mol. The maximum Gasteiger partial charge on any atom is 0.0159 e. The highest BCUT2D eigenvalue weighted by atomic mass is 14.4.